The fraction of sp³-hybridized carbons (Fsp3) is 1.00. The van der Waals surface area contributed by atoms with Crippen LogP contribution in [0.3, 0.4) is 0 Å². The van der Waals surface area contributed by atoms with Crippen LogP contribution in [0, 0.1) is 5.41 Å². The molecular weight excluding hydrogens is 208 g/mol. The van der Waals surface area contributed by atoms with Crippen LogP contribution in [-0.4, -0.2) is 19.6 Å². The van der Waals surface area contributed by atoms with Gasteiger partial charge in [-0.3, -0.25) is 0 Å². The summed E-state index contributed by atoms with van der Waals surface area (Å²) in [5.74, 6) is 0. The number of hydrogen-bond acceptors (Lipinski definition) is 2. The lowest BCUT2D eigenvalue weighted by Crippen LogP contribution is -2.38. The molecule has 17 heavy (non-hydrogen) atoms. The Kier molecular flexibility index (Phi) is 7.87. The van der Waals surface area contributed by atoms with Crippen molar-refractivity contribution < 1.29 is 0 Å². The van der Waals surface area contributed by atoms with E-state index >= 15 is 0 Å². The molecular formula is C15H32N2. The van der Waals surface area contributed by atoms with E-state index in [0.29, 0.717) is 5.41 Å². The van der Waals surface area contributed by atoms with Gasteiger partial charge in [-0.15, -0.1) is 0 Å². The van der Waals surface area contributed by atoms with Gasteiger partial charge in [-0.05, 0) is 37.8 Å². The van der Waals surface area contributed by atoms with Gasteiger partial charge in [0.2, 0.25) is 0 Å². The van der Waals surface area contributed by atoms with Crippen LogP contribution in [0.5, 0.6) is 0 Å². The zero-order chi connectivity index (χ0) is 12.4. The molecule has 2 heteroatoms. The van der Waals surface area contributed by atoms with Crippen LogP contribution in [0.4, 0.5) is 0 Å². The average Bonchev–Trinajstić information content (AvgIpc) is 2.82. The van der Waals surface area contributed by atoms with Gasteiger partial charge in [0.1, 0.15) is 0 Å². The normalized spacial score (nSPS) is 18.7. The fourth-order valence-electron chi connectivity index (χ4n) is 2.96. The fourth-order valence-corrected chi connectivity index (χ4v) is 2.96. The molecule has 1 fully saturated rings. The van der Waals surface area contributed by atoms with E-state index in [-0.39, 0.29) is 0 Å². The third-order valence-electron chi connectivity index (χ3n) is 4.30. The Hall–Kier alpha value is -0.0800. The van der Waals surface area contributed by atoms with Gasteiger partial charge in [0, 0.05) is 6.54 Å². The van der Waals surface area contributed by atoms with Gasteiger partial charge < -0.3 is 11.1 Å². The van der Waals surface area contributed by atoms with Crippen molar-refractivity contribution >= 4 is 0 Å². The van der Waals surface area contributed by atoms with Crippen LogP contribution >= 0.6 is 0 Å². The first-order valence-corrected chi connectivity index (χ1v) is 7.74. The van der Waals surface area contributed by atoms with Crippen molar-refractivity contribution in [1.82, 2.24) is 5.32 Å². The molecule has 1 rings (SSSR count). The van der Waals surface area contributed by atoms with Crippen molar-refractivity contribution in [2.45, 2.75) is 71.1 Å². The van der Waals surface area contributed by atoms with E-state index in [2.05, 4.69) is 12.2 Å². The van der Waals surface area contributed by atoms with E-state index in [1.165, 1.54) is 70.8 Å². The molecule has 0 aromatic heterocycles. The second-order valence-electron chi connectivity index (χ2n) is 5.86. The SMILES string of the molecule is CCCCCCCCNCC1(CN)CCCC1. The van der Waals surface area contributed by atoms with Crippen molar-refractivity contribution in [2.24, 2.45) is 11.1 Å². The molecule has 0 amide bonds. The molecule has 0 aliphatic heterocycles. The number of unbranched alkanes of at least 4 members (excludes halogenated alkanes) is 5. The summed E-state index contributed by atoms with van der Waals surface area (Å²) < 4.78 is 0. The van der Waals surface area contributed by atoms with Crippen molar-refractivity contribution in [3.05, 3.63) is 0 Å². The third-order valence-corrected chi connectivity index (χ3v) is 4.30. The lowest BCUT2D eigenvalue weighted by molar-refractivity contribution is 0.290. The number of nitrogens with two attached hydrogens (primary N) is 1. The van der Waals surface area contributed by atoms with Crippen molar-refractivity contribution in [3.63, 3.8) is 0 Å². The summed E-state index contributed by atoms with van der Waals surface area (Å²) in [7, 11) is 0. The predicted octanol–water partition coefficient (Wildman–Crippen LogP) is 3.46. The van der Waals surface area contributed by atoms with Crippen LogP contribution in [0.2, 0.25) is 0 Å². The van der Waals surface area contributed by atoms with Crippen LogP contribution < -0.4 is 11.1 Å². The van der Waals surface area contributed by atoms with Gasteiger partial charge in [-0.25, -0.2) is 0 Å². The maximum absolute atomic E-state index is 5.92. The summed E-state index contributed by atoms with van der Waals surface area (Å²) in [6, 6.07) is 0. The molecule has 0 saturated heterocycles. The molecule has 0 aromatic carbocycles. The number of rotatable bonds is 10. The highest BCUT2D eigenvalue weighted by Crippen LogP contribution is 2.36. The topological polar surface area (TPSA) is 38.0 Å². The van der Waals surface area contributed by atoms with E-state index in [4.69, 9.17) is 5.73 Å². The molecule has 0 heterocycles. The first-order valence-electron chi connectivity index (χ1n) is 7.74. The highest BCUT2D eigenvalue weighted by molar-refractivity contribution is 4.87. The van der Waals surface area contributed by atoms with Gasteiger partial charge in [0.05, 0.1) is 0 Å². The molecule has 1 aliphatic rings. The van der Waals surface area contributed by atoms with Crippen molar-refractivity contribution in [1.29, 1.82) is 0 Å². The largest absolute Gasteiger partial charge is 0.330 e. The standard InChI is InChI=1S/C15H32N2/c1-2-3-4-5-6-9-12-17-14-15(13-16)10-7-8-11-15/h17H,2-14,16H2,1H3. The lowest BCUT2D eigenvalue weighted by atomic mass is 9.86. The van der Waals surface area contributed by atoms with Gasteiger partial charge >= 0.3 is 0 Å². The Balaban J connectivity index is 1.92. The third kappa shape index (κ3) is 5.87. The van der Waals surface area contributed by atoms with E-state index in [1.807, 2.05) is 0 Å². The zero-order valence-corrected chi connectivity index (χ0v) is 11.8. The molecule has 1 saturated carbocycles. The van der Waals surface area contributed by atoms with Gasteiger partial charge in [0.15, 0.2) is 0 Å². The minimum absolute atomic E-state index is 0.447. The van der Waals surface area contributed by atoms with Crippen molar-refractivity contribution in [3.8, 4) is 0 Å². The Bertz CT molecular complexity index is 174. The van der Waals surface area contributed by atoms with E-state index in [0.717, 1.165) is 13.1 Å². The Labute approximate surface area is 108 Å². The minimum atomic E-state index is 0.447. The maximum atomic E-state index is 5.92. The maximum Gasteiger partial charge on any atom is 0.00199 e. The van der Waals surface area contributed by atoms with Gasteiger partial charge in [-0.1, -0.05) is 51.9 Å². The summed E-state index contributed by atoms with van der Waals surface area (Å²) in [6.07, 6.45) is 13.8. The molecule has 0 unspecified atom stereocenters. The summed E-state index contributed by atoms with van der Waals surface area (Å²) in [4.78, 5) is 0. The second-order valence-corrected chi connectivity index (χ2v) is 5.86. The summed E-state index contributed by atoms with van der Waals surface area (Å²) in [5, 5.41) is 3.63. The van der Waals surface area contributed by atoms with Crippen LogP contribution in [0.1, 0.15) is 71.1 Å². The molecule has 0 atom stereocenters. The summed E-state index contributed by atoms with van der Waals surface area (Å²) in [6.45, 7) is 5.48. The number of nitrogens with one attached hydrogen (secondary N) is 1. The second kappa shape index (κ2) is 8.93. The lowest BCUT2D eigenvalue weighted by Gasteiger charge is -2.27. The Morgan fingerprint density at radius 1 is 1.00 bits per heavy atom. The smallest absolute Gasteiger partial charge is 0.00199 e. The molecule has 0 bridgehead atoms. The van der Waals surface area contributed by atoms with E-state index < -0.39 is 0 Å². The number of hydrogen-bond donors (Lipinski definition) is 2. The average molecular weight is 240 g/mol. The first kappa shape index (κ1) is 15.0. The van der Waals surface area contributed by atoms with Crippen LogP contribution in [-0.2, 0) is 0 Å². The Morgan fingerprint density at radius 3 is 2.29 bits per heavy atom. The quantitative estimate of drug-likeness (QED) is 0.574. The highest BCUT2D eigenvalue weighted by Gasteiger charge is 2.31. The van der Waals surface area contributed by atoms with Gasteiger partial charge in [0.25, 0.3) is 0 Å². The molecule has 0 spiro atoms. The predicted molar refractivity (Wildman–Crippen MR) is 76.2 cm³/mol. The summed E-state index contributed by atoms with van der Waals surface area (Å²) in [5.41, 5.74) is 6.37. The van der Waals surface area contributed by atoms with Crippen molar-refractivity contribution in [2.75, 3.05) is 19.6 Å². The van der Waals surface area contributed by atoms with E-state index in [9.17, 15) is 0 Å². The summed E-state index contributed by atoms with van der Waals surface area (Å²) >= 11 is 0. The first-order chi connectivity index (χ1) is 8.33. The molecule has 0 aromatic rings. The molecule has 3 N–H and O–H groups in total. The molecule has 2 nitrogen and oxygen atoms in total. The zero-order valence-electron chi connectivity index (χ0n) is 11.8. The van der Waals surface area contributed by atoms with Gasteiger partial charge in [-0.2, -0.15) is 0 Å². The highest BCUT2D eigenvalue weighted by atomic mass is 14.9. The minimum Gasteiger partial charge on any atom is -0.330 e. The Morgan fingerprint density at radius 2 is 1.65 bits per heavy atom. The van der Waals surface area contributed by atoms with E-state index in [1.54, 1.807) is 0 Å². The monoisotopic (exact) mass is 240 g/mol. The van der Waals surface area contributed by atoms with Crippen LogP contribution in [0.15, 0.2) is 0 Å². The molecule has 1 aliphatic carbocycles. The molecule has 0 radical (unpaired) electrons. The molecule has 102 valence electrons. The van der Waals surface area contributed by atoms with Crippen LogP contribution in [0.25, 0.3) is 0 Å².